The summed E-state index contributed by atoms with van der Waals surface area (Å²) < 4.78 is 35.1. The van der Waals surface area contributed by atoms with Gasteiger partial charge in [0, 0.05) is 17.3 Å². The molecule has 4 aromatic carbocycles. The highest BCUT2D eigenvalue weighted by Crippen LogP contribution is 2.36. The van der Waals surface area contributed by atoms with Gasteiger partial charge in [0.1, 0.15) is 5.75 Å². The van der Waals surface area contributed by atoms with Gasteiger partial charge in [0.2, 0.25) is 0 Å². The second kappa shape index (κ2) is 9.27. The zero-order valence-electron chi connectivity index (χ0n) is 19.1. The zero-order chi connectivity index (χ0) is 24.4. The van der Waals surface area contributed by atoms with Crippen LogP contribution in [0.5, 0.6) is 11.5 Å². The van der Waals surface area contributed by atoms with Crippen LogP contribution in [0, 0.1) is 0 Å². The number of benzene rings is 4. The van der Waals surface area contributed by atoms with Crippen molar-refractivity contribution in [3.8, 4) is 11.5 Å². The van der Waals surface area contributed by atoms with E-state index in [2.05, 4.69) is 4.72 Å². The number of ether oxygens (including phenoxy) is 1. The van der Waals surface area contributed by atoms with Crippen LogP contribution in [0.4, 0.5) is 11.4 Å². The van der Waals surface area contributed by atoms with E-state index in [1.165, 1.54) is 6.07 Å². The van der Waals surface area contributed by atoms with Gasteiger partial charge in [-0.1, -0.05) is 48.5 Å². The fourth-order valence-electron chi connectivity index (χ4n) is 4.26. The van der Waals surface area contributed by atoms with Crippen molar-refractivity contribution in [1.29, 1.82) is 0 Å². The van der Waals surface area contributed by atoms with Gasteiger partial charge in [0.25, 0.3) is 15.9 Å². The minimum absolute atomic E-state index is 0.0800. The first-order valence-electron chi connectivity index (χ1n) is 11.3. The summed E-state index contributed by atoms with van der Waals surface area (Å²) in [7, 11) is -3.89. The maximum Gasteiger partial charge on any atom is 0.262 e. The van der Waals surface area contributed by atoms with E-state index in [4.69, 9.17) is 4.74 Å². The molecule has 4 aromatic rings. The number of amides is 1. The molecule has 0 unspecified atom stereocenters. The normalized spacial score (nSPS) is 14.9. The number of fused-ring (bicyclic) bond motifs is 1. The molecule has 1 N–H and O–H groups in total. The predicted molar refractivity (Wildman–Crippen MR) is 137 cm³/mol. The van der Waals surface area contributed by atoms with E-state index in [9.17, 15) is 13.2 Å². The molecule has 1 heterocycles. The summed E-state index contributed by atoms with van der Waals surface area (Å²) in [6.45, 7) is 1.96. The first-order valence-corrected chi connectivity index (χ1v) is 12.8. The van der Waals surface area contributed by atoms with Gasteiger partial charge in [-0.25, -0.2) is 8.42 Å². The van der Waals surface area contributed by atoms with Crippen molar-refractivity contribution in [2.75, 3.05) is 9.62 Å². The Hall–Kier alpha value is -4.10. The largest absolute Gasteiger partial charge is 0.455 e. The summed E-state index contributed by atoms with van der Waals surface area (Å²) >= 11 is 0. The van der Waals surface area contributed by atoms with Crippen molar-refractivity contribution in [2.24, 2.45) is 0 Å². The molecular weight excluding hydrogens is 460 g/mol. The Kier molecular flexibility index (Phi) is 6.01. The van der Waals surface area contributed by atoms with Crippen molar-refractivity contribution >= 4 is 27.3 Å². The predicted octanol–water partition coefficient (Wildman–Crippen LogP) is 5.87. The highest BCUT2D eigenvalue weighted by Gasteiger charge is 2.32. The molecule has 35 heavy (non-hydrogen) atoms. The highest BCUT2D eigenvalue weighted by molar-refractivity contribution is 7.92. The van der Waals surface area contributed by atoms with E-state index in [0.29, 0.717) is 29.2 Å². The van der Waals surface area contributed by atoms with E-state index in [1.54, 1.807) is 65.6 Å². The van der Waals surface area contributed by atoms with E-state index >= 15 is 0 Å². The topological polar surface area (TPSA) is 75.7 Å². The number of hydrogen-bond acceptors (Lipinski definition) is 4. The molecule has 7 heteroatoms. The van der Waals surface area contributed by atoms with Crippen LogP contribution in [0.25, 0.3) is 0 Å². The van der Waals surface area contributed by atoms with Gasteiger partial charge in [0.15, 0.2) is 5.75 Å². The van der Waals surface area contributed by atoms with Crippen molar-refractivity contribution in [1.82, 2.24) is 0 Å². The molecule has 1 aliphatic heterocycles. The Balaban J connectivity index is 1.41. The van der Waals surface area contributed by atoms with Crippen molar-refractivity contribution in [3.05, 3.63) is 114 Å². The van der Waals surface area contributed by atoms with E-state index in [1.807, 2.05) is 43.3 Å². The quantitative estimate of drug-likeness (QED) is 0.371. The summed E-state index contributed by atoms with van der Waals surface area (Å²) in [5, 5.41) is 0. The molecule has 1 aliphatic rings. The summed E-state index contributed by atoms with van der Waals surface area (Å²) in [5.74, 6) is 0.906. The van der Waals surface area contributed by atoms with Crippen molar-refractivity contribution in [3.63, 3.8) is 0 Å². The van der Waals surface area contributed by atoms with Gasteiger partial charge in [0.05, 0.1) is 10.6 Å². The number of anilines is 2. The van der Waals surface area contributed by atoms with Gasteiger partial charge in [-0.3, -0.25) is 9.52 Å². The number of sulfonamides is 1. The maximum absolute atomic E-state index is 13.3. The lowest BCUT2D eigenvalue weighted by Crippen LogP contribution is -2.35. The molecule has 0 aliphatic carbocycles. The van der Waals surface area contributed by atoms with Gasteiger partial charge < -0.3 is 9.64 Å². The second-order valence-corrected chi connectivity index (χ2v) is 10.1. The lowest BCUT2D eigenvalue weighted by Gasteiger charge is -2.23. The van der Waals surface area contributed by atoms with Crippen molar-refractivity contribution < 1.29 is 17.9 Å². The average Bonchev–Trinajstić information content (AvgIpc) is 3.20. The Morgan fingerprint density at radius 3 is 2.29 bits per heavy atom. The average molecular weight is 485 g/mol. The van der Waals surface area contributed by atoms with Crippen LogP contribution in [0.3, 0.4) is 0 Å². The minimum Gasteiger partial charge on any atom is -0.455 e. The first-order chi connectivity index (χ1) is 16.9. The number of carbonyl (C=O) groups excluding carboxylic acids is 1. The molecule has 1 amide bonds. The van der Waals surface area contributed by atoms with E-state index in [0.717, 1.165) is 11.3 Å². The molecule has 0 saturated carbocycles. The third kappa shape index (κ3) is 4.63. The molecule has 176 valence electrons. The third-order valence-corrected chi connectivity index (χ3v) is 7.28. The second-order valence-electron chi connectivity index (χ2n) is 8.40. The lowest BCUT2D eigenvalue weighted by molar-refractivity contribution is 0.0981. The summed E-state index contributed by atoms with van der Waals surface area (Å²) in [5.41, 5.74) is 2.49. The number of nitrogens with one attached hydrogen (secondary N) is 1. The number of rotatable bonds is 6. The Labute approximate surface area is 204 Å². The number of para-hydroxylation sites is 3. The summed E-state index contributed by atoms with van der Waals surface area (Å²) in [4.78, 5) is 15.0. The molecular formula is C28H24N2O4S. The fraction of sp³-hybridized carbons (Fsp3) is 0.107. The molecule has 0 aromatic heterocycles. The fourth-order valence-corrected chi connectivity index (χ4v) is 5.38. The van der Waals surface area contributed by atoms with Crippen LogP contribution in [-0.4, -0.2) is 20.4 Å². The van der Waals surface area contributed by atoms with Gasteiger partial charge in [-0.2, -0.15) is 0 Å². The molecule has 0 saturated heterocycles. The standard InChI is InChI=1S/C28H24N2O4S/c1-20-18-22-19-24(16-17-26(22)30(20)28(31)21-10-4-2-5-11-21)35(32,33)29-25-14-8-9-15-27(25)34-23-12-6-3-7-13-23/h2-17,19-20,29H,18H2,1H3/t20-/m0/s1. The van der Waals surface area contributed by atoms with Gasteiger partial charge in [-0.05, 0) is 73.5 Å². The van der Waals surface area contributed by atoms with Crippen LogP contribution < -0.4 is 14.4 Å². The van der Waals surface area contributed by atoms with Crippen LogP contribution in [0.15, 0.2) is 108 Å². The smallest absolute Gasteiger partial charge is 0.262 e. The Morgan fingerprint density at radius 2 is 1.54 bits per heavy atom. The minimum atomic E-state index is -3.89. The first kappa shape index (κ1) is 22.7. The lowest BCUT2D eigenvalue weighted by atomic mass is 10.1. The van der Waals surface area contributed by atoms with E-state index < -0.39 is 10.0 Å². The van der Waals surface area contributed by atoms with Crippen LogP contribution in [-0.2, 0) is 16.4 Å². The zero-order valence-corrected chi connectivity index (χ0v) is 19.9. The van der Waals surface area contributed by atoms with Gasteiger partial charge >= 0.3 is 0 Å². The van der Waals surface area contributed by atoms with Crippen LogP contribution >= 0.6 is 0 Å². The summed E-state index contributed by atoms with van der Waals surface area (Å²) in [6, 6.07) is 30.0. The molecule has 0 bridgehead atoms. The molecule has 1 atom stereocenters. The van der Waals surface area contributed by atoms with Crippen molar-refractivity contribution in [2.45, 2.75) is 24.3 Å². The monoisotopic (exact) mass is 484 g/mol. The van der Waals surface area contributed by atoms with Crippen LogP contribution in [0.2, 0.25) is 0 Å². The number of nitrogens with zero attached hydrogens (tertiary/aromatic N) is 1. The maximum atomic E-state index is 13.3. The Bertz CT molecular complexity index is 1470. The molecule has 0 fully saturated rings. The third-order valence-electron chi connectivity index (χ3n) is 5.92. The number of carbonyl (C=O) groups is 1. The van der Waals surface area contributed by atoms with Crippen LogP contribution in [0.1, 0.15) is 22.8 Å². The summed E-state index contributed by atoms with van der Waals surface area (Å²) in [6.07, 6.45) is 0.574. The Morgan fingerprint density at radius 1 is 0.886 bits per heavy atom. The molecule has 0 spiro atoms. The molecule has 0 radical (unpaired) electrons. The van der Waals surface area contributed by atoms with E-state index in [-0.39, 0.29) is 16.8 Å². The number of hydrogen-bond donors (Lipinski definition) is 1. The molecule has 6 nitrogen and oxygen atoms in total. The van der Waals surface area contributed by atoms with Gasteiger partial charge in [-0.15, -0.1) is 0 Å². The molecule has 5 rings (SSSR count). The SMILES string of the molecule is C[C@H]1Cc2cc(S(=O)(=O)Nc3ccccc3Oc3ccccc3)ccc2N1C(=O)c1ccccc1. The highest BCUT2D eigenvalue weighted by atomic mass is 32.2.